The number of rotatable bonds is 2. The van der Waals surface area contributed by atoms with Crippen molar-refractivity contribution < 1.29 is 4.79 Å². The quantitative estimate of drug-likeness (QED) is 0.715. The van der Waals surface area contributed by atoms with Crippen LogP contribution in [-0.2, 0) is 4.79 Å². The Morgan fingerprint density at radius 1 is 1.50 bits per heavy atom. The van der Waals surface area contributed by atoms with E-state index in [1.54, 1.807) is 0 Å². The minimum Gasteiger partial charge on any atom is -0.338 e. The number of nitrogens with two attached hydrogens (primary N) is 1. The zero-order valence-electron chi connectivity index (χ0n) is 9.07. The molecule has 3 unspecified atom stereocenters. The molecule has 3 heteroatoms. The smallest absolute Gasteiger partial charge is 0.223 e. The van der Waals surface area contributed by atoms with E-state index in [9.17, 15) is 4.79 Å². The standard InChI is InChI=1S/C11H20N2O/c1-7(2)3-11(14)13-6-8-4-9(12)10(13)5-8/h7-10H,3-6,12H2,1-2H3. The van der Waals surface area contributed by atoms with Crippen LogP contribution in [0.5, 0.6) is 0 Å². The molecule has 2 rings (SSSR count). The first-order valence-electron chi connectivity index (χ1n) is 5.63. The Morgan fingerprint density at radius 3 is 2.71 bits per heavy atom. The Bertz CT molecular complexity index is 239. The van der Waals surface area contributed by atoms with Crippen LogP contribution < -0.4 is 5.73 Å². The highest BCUT2D eigenvalue weighted by Crippen LogP contribution is 2.37. The van der Waals surface area contributed by atoms with Crippen LogP contribution in [-0.4, -0.2) is 29.4 Å². The largest absolute Gasteiger partial charge is 0.338 e. The van der Waals surface area contributed by atoms with Crippen LogP contribution in [0.15, 0.2) is 0 Å². The summed E-state index contributed by atoms with van der Waals surface area (Å²) in [6.45, 7) is 5.14. The van der Waals surface area contributed by atoms with Crippen LogP contribution in [0.1, 0.15) is 33.1 Å². The molecule has 2 N–H and O–H groups in total. The van der Waals surface area contributed by atoms with E-state index in [1.165, 1.54) is 0 Å². The van der Waals surface area contributed by atoms with E-state index < -0.39 is 0 Å². The molecule has 1 aliphatic carbocycles. The summed E-state index contributed by atoms with van der Waals surface area (Å²) in [6.07, 6.45) is 2.94. The molecule has 1 saturated carbocycles. The van der Waals surface area contributed by atoms with Gasteiger partial charge in [-0.05, 0) is 24.7 Å². The zero-order chi connectivity index (χ0) is 10.3. The number of amides is 1. The molecule has 1 saturated heterocycles. The van der Waals surface area contributed by atoms with Crippen molar-refractivity contribution in [1.29, 1.82) is 0 Å². The van der Waals surface area contributed by atoms with E-state index in [0.29, 0.717) is 30.2 Å². The van der Waals surface area contributed by atoms with Gasteiger partial charge >= 0.3 is 0 Å². The summed E-state index contributed by atoms with van der Waals surface area (Å²) in [5, 5.41) is 0. The molecule has 14 heavy (non-hydrogen) atoms. The highest BCUT2D eigenvalue weighted by atomic mass is 16.2. The Balaban J connectivity index is 1.96. The molecule has 1 heterocycles. The summed E-state index contributed by atoms with van der Waals surface area (Å²) >= 11 is 0. The fourth-order valence-electron chi connectivity index (χ4n) is 2.83. The van der Waals surface area contributed by atoms with Crippen LogP contribution in [0.2, 0.25) is 0 Å². The number of likely N-dealkylation sites (tertiary alicyclic amines) is 1. The highest BCUT2D eigenvalue weighted by molar-refractivity contribution is 5.77. The van der Waals surface area contributed by atoms with Crippen LogP contribution >= 0.6 is 0 Å². The number of fused-ring (bicyclic) bond motifs is 2. The van der Waals surface area contributed by atoms with Gasteiger partial charge in [0.25, 0.3) is 0 Å². The minimum absolute atomic E-state index is 0.241. The van der Waals surface area contributed by atoms with E-state index in [0.717, 1.165) is 19.4 Å². The van der Waals surface area contributed by atoms with E-state index in [-0.39, 0.29) is 6.04 Å². The molecular formula is C11H20N2O. The van der Waals surface area contributed by atoms with Crippen LogP contribution in [0.25, 0.3) is 0 Å². The summed E-state index contributed by atoms with van der Waals surface area (Å²) in [7, 11) is 0. The molecule has 2 bridgehead atoms. The Hall–Kier alpha value is -0.570. The first kappa shape index (κ1) is 9.97. The Labute approximate surface area is 85.6 Å². The third-order valence-electron chi connectivity index (χ3n) is 3.43. The first-order chi connectivity index (χ1) is 6.58. The normalized spacial score (nSPS) is 35.7. The van der Waals surface area contributed by atoms with Gasteiger partial charge in [0.1, 0.15) is 0 Å². The van der Waals surface area contributed by atoms with Crippen molar-refractivity contribution in [2.45, 2.75) is 45.2 Å². The molecule has 1 amide bonds. The van der Waals surface area contributed by atoms with E-state index in [4.69, 9.17) is 5.73 Å². The van der Waals surface area contributed by atoms with Gasteiger partial charge in [-0.1, -0.05) is 13.8 Å². The van der Waals surface area contributed by atoms with Crippen LogP contribution in [0.3, 0.4) is 0 Å². The van der Waals surface area contributed by atoms with Gasteiger partial charge in [-0.2, -0.15) is 0 Å². The molecule has 2 aliphatic rings. The van der Waals surface area contributed by atoms with Crippen LogP contribution in [0, 0.1) is 11.8 Å². The molecule has 0 spiro atoms. The third-order valence-corrected chi connectivity index (χ3v) is 3.43. The SMILES string of the molecule is CC(C)CC(=O)N1CC2CC(N)C1C2. The van der Waals surface area contributed by atoms with Crippen molar-refractivity contribution in [3.05, 3.63) is 0 Å². The second-order valence-corrected chi connectivity index (χ2v) is 5.21. The predicted octanol–water partition coefficient (Wildman–Crippen LogP) is 0.981. The van der Waals surface area contributed by atoms with Gasteiger partial charge in [0, 0.05) is 25.0 Å². The van der Waals surface area contributed by atoms with Crippen molar-refractivity contribution in [3.8, 4) is 0 Å². The summed E-state index contributed by atoms with van der Waals surface area (Å²) in [6, 6.07) is 0.594. The number of piperidine rings is 1. The number of nitrogens with zero attached hydrogens (tertiary/aromatic N) is 1. The second-order valence-electron chi connectivity index (χ2n) is 5.21. The summed E-state index contributed by atoms with van der Waals surface area (Å²) < 4.78 is 0. The molecule has 3 nitrogen and oxygen atoms in total. The molecule has 3 atom stereocenters. The molecule has 0 radical (unpaired) electrons. The summed E-state index contributed by atoms with van der Waals surface area (Å²) in [5.41, 5.74) is 5.99. The lowest BCUT2D eigenvalue weighted by Crippen LogP contribution is -2.48. The maximum absolute atomic E-state index is 11.9. The zero-order valence-corrected chi connectivity index (χ0v) is 9.07. The lowest BCUT2D eigenvalue weighted by Gasteiger charge is -2.31. The number of carbonyl (C=O) groups is 1. The lowest BCUT2D eigenvalue weighted by atomic mass is 10.0. The fraction of sp³-hybridized carbons (Fsp3) is 0.909. The lowest BCUT2D eigenvalue weighted by molar-refractivity contribution is -0.133. The maximum Gasteiger partial charge on any atom is 0.223 e. The molecule has 2 fully saturated rings. The summed E-state index contributed by atoms with van der Waals surface area (Å²) in [5.74, 6) is 1.45. The van der Waals surface area contributed by atoms with Crippen molar-refractivity contribution in [2.75, 3.05) is 6.54 Å². The van der Waals surface area contributed by atoms with E-state index >= 15 is 0 Å². The van der Waals surface area contributed by atoms with Crippen molar-refractivity contribution in [3.63, 3.8) is 0 Å². The molecular weight excluding hydrogens is 176 g/mol. The van der Waals surface area contributed by atoms with Gasteiger partial charge < -0.3 is 10.6 Å². The maximum atomic E-state index is 11.9. The molecule has 0 aromatic carbocycles. The van der Waals surface area contributed by atoms with Gasteiger partial charge in [0.2, 0.25) is 5.91 Å². The van der Waals surface area contributed by atoms with Gasteiger partial charge in [-0.15, -0.1) is 0 Å². The van der Waals surface area contributed by atoms with E-state index in [2.05, 4.69) is 13.8 Å². The van der Waals surface area contributed by atoms with Crippen molar-refractivity contribution in [1.82, 2.24) is 4.90 Å². The number of hydrogen-bond donors (Lipinski definition) is 1. The van der Waals surface area contributed by atoms with Gasteiger partial charge in [-0.25, -0.2) is 0 Å². The second kappa shape index (κ2) is 3.54. The predicted molar refractivity (Wildman–Crippen MR) is 55.7 cm³/mol. The number of carbonyl (C=O) groups excluding carboxylic acids is 1. The Kier molecular flexibility index (Phi) is 2.52. The minimum atomic E-state index is 0.241. The molecule has 0 aromatic heterocycles. The van der Waals surface area contributed by atoms with Crippen molar-refractivity contribution in [2.24, 2.45) is 17.6 Å². The fourth-order valence-corrected chi connectivity index (χ4v) is 2.83. The topological polar surface area (TPSA) is 46.3 Å². The molecule has 80 valence electrons. The number of hydrogen-bond acceptors (Lipinski definition) is 2. The average molecular weight is 196 g/mol. The monoisotopic (exact) mass is 196 g/mol. The van der Waals surface area contributed by atoms with Gasteiger partial charge in [-0.3, -0.25) is 4.79 Å². The highest BCUT2D eigenvalue weighted by Gasteiger charge is 2.44. The molecule has 1 aliphatic heterocycles. The third kappa shape index (κ3) is 1.65. The Morgan fingerprint density at radius 2 is 2.21 bits per heavy atom. The van der Waals surface area contributed by atoms with Gasteiger partial charge in [0.15, 0.2) is 0 Å². The van der Waals surface area contributed by atoms with Crippen LogP contribution in [0.4, 0.5) is 0 Å². The van der Waals surface area contributed by atoms with Gasteiger partial charge in [0.05, 0.1) is 0 Å². The first-order valence-corrected chi connectivity index (χ1v) is 5.63. The average Bonchev–Trinajstić information content (AvgIpc) is 2.60. The summed E-state index contributed by atoms with van der Waals surface area (Å²) in [4.78, 5) is 13.9. The van der Waals surface area contributed by atoms with E-state index in [1.807, 2.05) is 4.90 Å². The van der Waals surface area contributed by atoms with Crippen molar-refractivity contribution >= 4 is 5.91 Å². The molecule has 0 aromatic rings.